The van der Waals surface area contributed by atoms with Crippen LogP contribution in [-0.2, 0) is 6.54 Å². The quantitative estimate of drug-likeness (QED) is 0.723. The monoisotopic (exact) mass is 355 g/mol. The van der Waals surface area contributed by atoms with Gasteiger partial charge in [-0.25, -0.2) is 0 Å². The van der Waals surface area contributed by atoms with Crippen LogP contribution in [0.2, 0.25) is 5.02 Å². The van der Waals surface area contributed by atoms with Crippen LogP contribution in [0, 0.1) is 0 Å². The Bertz CT molecular complexity index is 844. The molecule has 0 amide bonds. The van der Waals surface area contributed by atoms with Crippen LogP contribution in [0.15, 0.2) is 54.7 Å². The number of nitrogens with one attached hydrogen (secondary N) is 1. The Hall–Kier alpha value is -2.86. The molecule has 0 atom stereocenters. The summed E-state index contributed by atoms with van der Waals surface area (Å²) in [6.45, 7) is 0.730. The van der Waals surface area contributed by atoms with Crippen molar-refractivity contribution in [2.75, 3.05) is 24.4 Å². The molecule has 0 unspecified atom stereocenters. The fourth-order valence-electron chi connectivity index (χ4n) is 2.34. The van der Waals surface area contributed by atoms with Crippen molar-refractivity contribution < 1.29 is 4.74 Å². The van der Waals surface area contributed by atoms with Gasteiger partial charge in [-0.1, -0.05) is 41.9 Å². The zero-order chi connectivity index (χ0) is 17.6. The third-order valence-corrected chi connectivity index (χ3v) is 3.90. The van der Waals surface area contributed by atoms with Crippen LogP contribution in [-0.4, -0.2) is 29.3 Å². The molecule has 0 radical (unpaired) electrons. The summed E-state index contributed by atoms with van der Waals surface area (Å²) in [5.74, 6) is 1.74. The van der Waals surface area contributed by atoms with E-state index >= 15 is 0 Å². The van der Waals surface area contributed by atoms with Gasteiger partial charge in [0.15, 0.2) is 5.82 Å². The number of methoxy groups -OCH3 is 1. The smallest absolute Gasteiger partial charge is 0.249 e. The van der Waals surface area contributed by atoms with Crippen LogP contribution in [0.4, 0.5) is 17.5 Å². The summed E-state index contributed by atoms with van der Waals surface area (Å²) in [4.78, 5) is 6.51. The van der Waals surface area contributed by atoms with E-state index in [9.17, 15) is 0 Å². The summed E-state index contributed by atoms with van der Waals surface area (Å²) in [5.41, 5.74) is 1.95. The van der Waals surface area contributed by atoms with Crippen molar-refractivity contribution in [3.8, 4) is 5.75 Å². The van der Waals surface area contributed by atoms with E-state index in [4.69, 9.17) is 16.3 Å². The van der Waals surface area contributed by atoms with Gasteiger partial charge in [0, 0.05) is 19.3 Å². The number of nitrogens with zero attached hydrogens (tertiary/aromatic N) is 4. The maximum absolute atomic E-state index is 6.14. The predicted molar refractivity (Wildman–Crippen MR) is 99.7 cm³/mol. The minimum atomic E-state index is 0.402. The Morgan fingerprint density at radius 3 is 2.68 bits per heavy atom. The standard InChI is InChI=1S/C18H18ClN5O/c1-24(12-13-6-4-3-5-7-13)17-11-20-23-18(22-17)21-14-8-9-16(25-2)15(19)10-14/h3-11H,12H2,1-2H3,(H,21,22,23). The Kier molecular flexibility index (Phi) is 5.30. The van der Waals surface area contributed by atoms with Crippen LogP contribution >= 0.6 is 11.6 Å². The van der Waals surface area contributed by atoms with Gasteiger partial charge >= 0.3 is 0 Å². The van der Waals surface area contributed by atoms with Gasteiger partial charge < -0.3 is 15.0 Å². The van der Waals surface area contributed by atoms with Crippen LogP contribution in [0.1, 0.15) is 5.56 Å². The van der Waals surface area contributed by atoms with Crippen LogP contribution in [0.3, 0.4) is 0 Å². The molecule has 0 saturated heterocycles. The lowest BCUT2D eigenvalue weighted by atomic mass is 10.2. The molecule has 0 aliphatic heterocycles. The molecule has 0 bridgehead atoms. The number of hydrogen-bond acceptors (Lipinski definition) is 6. The molecule has 0 saturated carbocycles. The van der Waals surface area contributed by atoms with Crippen LogP contribution < -0.4 is 15.0 Å². The molecule has 0 aliphatic carbocycles. The molecule has 3 aromatic rings. The van der Waals surface area contributed by atoms with Gasteiger partial charge in [-0.05, 0) is 23.8 Å². The SMILES string of the molecule is COc1ccc(Nc2nncc(N(C)Cc3ccccc3)n2)cc1Cl. The summed E-state index contributed by atoms with van der Waals surface area (Å²) in [5, 5.41) is 11.7. The molecule has 1 heterocycles. The number of ether oxygens (including phenoxy) is 1. The second-order valence-corrected chi connectivity index (χ2v) is 5.86. The Balaban J connectivity index is 1.74. The first-order valence-electron chi connectivity index (χ1n) is 7.71. The highest BCUT2D eigenvalue weighted by molar-refractivity contribution is 6.32. The summed E-state index contributed by atoms with van der Waals surface area (Å²) >= 11 is 6.14. The molecule has 0 fully saturated rings. The normalized spacial score (nSPS) is 10.4. The molecule has 7 heteroatoms. The Morgan fingerprint density at radius 2 is 1.96 bits per heavy atom. The van der Waals surface area contributed by atoms with E-state index in [1.165, 1.54) is 5.56 Å². The minimum Gasteiger partial charge on any atom is -0.495 e. The first-order valence-corrected chi connectivity index (χ1v) is 8.09. The number of aromatic nitrogens is 3. The maximum atomic E-state index is 6.14. The predicted octanol–water partition coefficient (Wildman–Crippen LogP) is 3.91. The van der Waals surface area contributed by atoms with Gasteiger partial charge in [0.2, 0.25) is 5.95 Å². The van der Waals surface area contributed by atoms with E-state index in [1.54, 1.807) is 25.4 Å². The average Bonchev–Trinajstić information content (AvgIpc) is 2.63. The Labute approximate surface area is 151 Å². The zero-order valence-corrected chi connectivity index (χ0v) is 14.7. The molecule has 6 nitrogen and oxygen atoms in total. The molecule has 2 aromatic carbocycles. The van der Waals surface area contributed by atoms with E-state index in [-0.39, 0.29) is 0 Å². The number of hydrogen-bond donors (Lipinski definition) is 1. The third-order valence-electron chi connectivity index (χ3n) is 3.61. The van der Waals surface area contributed by atoms with Gasteiger partial charge in [0.05, 0.1) is 18.3 Å². The maximum Gasteiger partial charge on any atom is 0.249 e. The van der Waals surface area contributed by atoms with Crippen molar-refractivity contribution in [1.82, 2.24) is 15.2 Å². The first kappa shape index (κ1) is 17.0. The third kappa shape index (κ3) is 4.36. The highest BCUT2D eigenvalue weighted by Gasteiger charge is 2.08. The van der Waals surface area contributed by atoms with Gasteiger partial charge in [0.25, 0.3) is 0 Å². The van der Waals surface area contributed by atoms with Crippen molar-refractivity contribution in [1.29, 1.82) is 0 Å². The van der Waals surface area contributed by atoms with Gasteiger partial charge in [-0.15, -0.1) is 5.10 Å². The summed E-state index contributed by atoms with van der Waals surface area (Å²) in [6, 6.07) is 15.6. The number of anilines is 3. The fraction of sp³-hybridized carbons (Fsp3) is 0.167. The van der Waals surface area contributed by atoms with Crippen LogP contribution in [0.25, 0.3) is 0 Å². The summed E-state index contributed by atoms with van der Waals surface area (Å²) < 4.78 is 5.15. The van der Waals surface area contributed by atoms with E-state index in [0.29, 0.717) is 16.7 Å². The number of benzene rings is 2. The largest absolute Gasteiger partial charge is 0.495 e. The molecule has 1 N–H and O–H groups in total. The van der Waals surface area contributed by atoms with E-state index in [2.05, 4.69) is 32.6 Å². The second kappa shape index (κ2) is 7.81. The highest BCUT2D eigenvalue weighted by Crippen LogP contribution is 2.28. The molecule has 25 heavy (non-hydrogen) atoms. The topological polar surface area (TPSA) is 63.2 Å². The van der Waals surface area contributed by atoms with Crippen molar-refractivity contribution in [2.45, 2.75) is 6.54 Å². The number of halogens is 1. The lowest BCUT2D eigenvalue weighted by molar-refractivity contribution is 0.415. The van der Waals surface area contributed by atoms with Crippen molar-refractivity contribution >= 4 is 29.1 Å². The average molecular weight is 356 g/mol. The highest BCUT2D eigenvalue weighted by atomic mass is 35.5. The van der Waals surface area contributed by atoms with Crippen LogP contribution in [0.5, 0.6) is 5.75 Å². The molecule has 3 rings (SSSR count). The molecular weight excluding hydrogens is 338 g/mol. The van der Waals surface area contributed by atoms with Gasteiger partial charge in [-0.2, -0.15) is 10.1 Å². The second-order valence-electron chi connectivity index (χ2n) is 5.45. The fourth-order valence-corrected chi connectivity index (χ4v) is 2.60. The molecular formula is C18H18ClN5O. The molecule has 0 aliphatic rings. The summed E-state index contributed by atoms with van der Waals surface area (Å²) in [6.07, 6.45) is 1.63. The minimum absolute atomic E-state index is 0.402. The van der Waals surface area contributed by atoms with Crippen molar-refractivity contribution in [3.63, 3.8) is 0 Å². The lowest BCUT2D eigenvalue weighted by Gasteiger charge is -2.18. The number of rotatable bonds is 6. The molecule has 0 spiro atoms. The van der Waals surface area contributed by atoms with E-state index < -0.39 is 0 Å². The van der Waals surface area contributed by atoms with E-state index in [1.807, 2.05) is 36.2 Å². The van der Waals surface area contributed by atoms with Gasteiger partial charge in [-0.3, -0.25) is 0 Å². The first-order chi connectivity index (χ1) is 12.2. The lowest BCUT2D eigenvalue weighted by Crippen LogP contribution is -2.18. The Morgan fingerprint density at radius 1 is 1.16 bits per heavy atom. The zero-order valence-electron chi connectivity index (χ0n) is 14.0. The molecule has 128 valence electrons. The summed E-state index contributed by atoms with van der Waals surface area (Å²) in [7, 11) is 3.54. The molecule has 1 aromatic heterocycles. The van der Waals surface area contributed by atoms with Gasteiger partial charge in [0.1, 0.15) is 5.75 Å². The van der Waals surface area contributed by atoms with E-state index in [0.717, 1.165) is 18.1 Å². The van der Waals surface area contributed by atoms with Crippen molar-refractivity contribution in [3.05, 3.63) is 65.3 Å². The van der Waals surface area contributed by atoms with Crippen molar-refractivity contribution in [2.24, 2.45) is 0 Å².